The molecule has 1 aliphatic rings. The van der Waals surface area contributed by atoms with E-state index in [1.165, 1.54) is 6.07 Å². The molecule has 0 bridgehead atoms. The van der Waals surface area contributed by atoms with Crippen molar-refractivity contribution in [3.05, 3.63) is 30.1 Å². The van der Waals surface area contributed by atoms with Crippen LogP contribution >= 0.6 is 0 Å². The van der Waals surface area contributed by atoms with Crippen LogP contribution in [0.4, 0.5) is 10.1 Å². The number of halogens is 1. The van der Waals surface area contributed by atoms with Gasteiger partial charge in [-0.15, -0.1) is 0 Å². The van der Waals surface area contributed by atoms with Gasteiger partial charge < -0.3 is 15.5 Å². The van der Waals surface area contributed by atoms with Crippen LogP contribution in [-0.2, 0) is 4.79 Å². The van der Waals surface area contributed by atoms with E-state index in [9.17, 15) is 9.18 Å². The summed E-state index contributed by atoms with van der Waals surface area (Å²) in [4.78, 5) is 15.7. The first-order valence-corrected chi connectivity index (χ1v) is 6.67. The smallest absolute Gasteiger partial charge is 0.239 e. The zero-order valence-electron chi connectivity index (χ0n) is 11.2. The molecule has 1 amide bonds. The SMILES string of the molecule is CC[C@@H](N)C(=O)N1CCN(c2ccccc2F)CC1. The Hall–Kier alpha value is -1.62. The summed E-state index contributed by atoms with van der Waals surface area (Å²) >= 11 is 0. The predicted molar refractivity (Wildman–Crippen MR) is 73.5 cm³/mol. The Morgan fingerprint density at radius 2 is 1.95 bits per heavy atom. The maximum absolute atomic E-state index is 13.7. The maximum Gasteiger partial charge on any atom is 0.239 e. The minimum atomic E-state index is -0.417. The lowest BCUT2D eigenvalue weighted by atomic mass is 10.2. The number of para-hydroxylation sites is 1. The molecule has 1 aromatic carbocycles. The molecule has 1 saturated heterocycles. The lowest BCUT2D eigenvalue weighted by Crippen LogP contribution is -2.53. The summed E-state index contributed by atoms with van der Waals surface area (Å²) in [5.41, 5.74) is 6.36. The second-order valence-corrected chi connectivity index (χ2v) is 4.78. The number of nitrogens with two attached hydrogens (primary N) is 1. The number of carbonyl (C=O) groups is 1. The van der Waals surface area contributed by atoms with Crippen molar-refractivity contribution >= 4 is 11.6 Å². The number of hydrogen-bond acceptors (Lipinski definition) is 3. The molecule has 0 aliphatic carbocycles. The number of nitrogens with zero attached hydrogens (tertiary/aromatic N) is 2. The third kappa shape index (κ3) is 3.04. The molecule has 0 unspecified atom stereocenters. The second-order valence-electron chi connectivity index (χ2n) is 4.78. The highest BCUT2D eigenvalue weighted by molar-refractivity contribution is 5.81. The fraction of sp³-hybridized carbons (Fsp3) is 0.500. The van der Waals surface area contributed by atoms with Crippen LogP contribution in [0.25, 0.3) is 0 Å². The largest absolute Gasteiger partial charge is 0.366 e. The summed E-state index contributed by atoms with van der Waals surface area (Å²) in [7, 11) is 0. The van der Waals surface area contributed by atoms with Crippen molar-refractivity contribution < 1.29 is 9.18 Å². The van der Waals surface area contributed by atoms with E-state index in [0.717, 1.165) is 0 Å². The molecule has 104 valence electrons. The molecule has 1 aromatic rings. The normalized spacial score (nSPS) is 17.4. The molecule has 2 N–H and O–H groups in total. The average Bonchev–Trinajstić information content (AvgIpc) is 2.46. The van der Waals surface area contributed by atoms with E-state index < -0.39 is 6.04 Å². The van der Waals surface area contributed by atoms with E-state index in [1.54, 1.807) is 17.0 Å². The number of anilines is 1. The lowest BCUT2D eigenvalue weighted by Gasteiger charge is -2.37. The van der Waals surface area contributed by atoms with Gasteiger partial charge in [0.1, 0.15) is 5.82 Å². The third-order valence-corrected chi connectivity index (χ3v) is 3.54. The summed E-state index contributed by atoms with van der Waals surface area (Å²) < 4.78 is 13.7. The Labute approximate surface area is 113 Å². The molecule has 5 heteroatoms. The summed E-state index contributed by atoms with van der Waals surface area (Å²) in [5.74, 6) is -0.219. The average molecular weight is 265 g/mol. The molecule has 0 saturated carbocycles. The van der Waals surface area contributed by atoms with Gasteiger partial charge in [-0.1, -0.05) is 19.1 Å². The van der Waals surface area contributed by atoms with Crippen molar-refractivity contribution in [3.8, 4) is 0 Å². The number of carbonyl (C=O) groups excluding carboxylic acids is 1. The Bertz CT molecular complexity index is 444. The van der Waals surface area contributed by atoms with E-state index in [1.807, 2.05) is 17.9 Å². The zero-order chi connectivity index (χ0) is 13.8. The number of benzene rings is 1. The van der Waals surface area contributed by atoms with Crippen LogP contribution in [0.5, 0.6) is 0 Å². The van der Waals surface area contributed by atoms with Crippen molar-refractivity contribution in [2.45, 2.75) is 19.4 Å². The highest BCUT2D eigenvalue weighted by atomic mass is 19.1. The summed E-state index contributed by atoms with van der Waals surface area (Å²) in [6.45, 7) is 4.38. The minimum Gasteiger partial charge on any atom is -0.366 e. The molecule has 0 spiro atoms. The van der Waals surface area contributed by atoms with Crippen LogP contribution in [0.2, 0.25) is 0 Å². The van der Waals surface area contributed by atoms with Crippen LogP contribution in [0.15, 0.2) is 24.3 Å². The van der Waals surface area contributed by atoms with Gasteiger partial charge in [0, 0.05) is 26.2 Å². The molecule has 19 heavy (non-hydrogen) atoms. The van der Waals surface area contributed by atoms with Crippen molar-refractivity contribution in [1.82, 2.24) is 4.90 Å². The van der Waals surface area contributed by atoms with Crippen molar-refractivity contribution in [3.63, 3.8) is 0 Å². The van der Waals surface area contributed by atoms with E-state index in [-0.39, 0.29) is 11.7 Å². The first-order chi connectivity index (χ1) is 9.13. The quantitative estimate of drug-likeness (QED) is 0.893. The second kappa shape index (κ2) is 6.02. The number of rotatable bonds is 3. The van der Waals surface area contributed by atoms with E-state index in [2.05, 4.69) is 0 Å². The van der Waals surface area contributed by atoms with Crippen molar-refractivity contribution in [2.75, 3.05) is 31.1 Å². The molecule has 0 aromatic heterocycles. The zero-order valence-corrected chi connectivity index (χ0v) is 11.2. The monoisotopic (exact) mass is 265 g/mol. The molecule has 1 aliphatic heterocycles. The highest BCUT2D eigenvalue weighted by Gasteiger charge is 2.25. The fourth-order valence-corrected chi connectivity index (χ4v) is 2.29. The highest BCUT2D eigenvalue weighted by Crippen LogP contribution is 2.20. The fourth-order valence-electron chi connectivity index (χ4n) is 2.29. The van der Waals surface area contributed by atoms with Crippen LogP contribution < -0.4 is 10.6 Å². The van der Waals surface area contributed by atoms with Gasteiger partial charge in [0.05, 0.1) is 11.7 Å². The summed E-state index contributed by atoms with van der Waals surface area (Å²) in [5, 5.41) is 0. The van der Waals surface area contributed by atoms with Gasteiger partial charge >= 0.3 is 0 Å². The molecule has 4 nitrogen and oxygen atoms in total. The van der Waals surface area contributed by atoms with Crippen molar-refractivity contribution in [2.24, 2.45) is 5.73 Å². The van der Waals surface area contributed by atoms with Crippen molar-refractivity contribution in [1.29, 1.82) is 0 Å². The number of amides is 1. The van der Waals surface area contributed by atoms with Gasteiger partial charge in [-0.05, 0) is 18.6 Å². The summed E-state index contributed by atoms with van der Waals surface area (Å²) in [6.07, 6.45) is 0.645. The van der Waals surface area contributed by atoms with E-state index in [0.29, 0.717) is 38.3 Å². The van der Waals surface area contributed by atoms with Crippen LogP contribution in [0, 0.1) is 5.82 Å². The lowest BCUT2D eigenvalue weighted by molar-refractivity contribution is -0.132. The Balaban J connectivity index is 1.96. The van der Waals surface area contributed by atoms with Crippen LogP contribution in [0.3, 0.4) is 0 Å². The molecule has 1 fully saturated rings. The first kappa shape index (κ1) is 13.8. The number of hydrogen-bond donors (Lipinski definition) is 1. The van der Waals surface area contributed by atoms with Gasteiger partial charge in [0.25, 0.3) is 0 Å². The molecular formula is C14H20FN3O. The summed E-state index contributed by atoms with van der Waals surface area (Å²) in [6, 6.07) is 6.31. The Morgan fingerprint density at radius 3 is 2.53 bits per heavy atom. The predicted octanol–water partition coefficient (Wildman–Crippen LogP) is 1.21. The van der Waals surface area contributed by atoms with Gasteiger partial charge in [0.2, 0.25) is 5.91 Å². The molecule has 0 radical (unpaired) electrons. The third-order valence-electron chi connectivity index (χ3n) is 3.54. The van der Waals surface area contributed by atoms with Gasteiger partial charge in [-0.25, -0.2) is 4.39 Å². The van der Waals surface area contributed by atoms with E-state index in [4.69, 9.17) is 5.73 Å². The van der Waals surface area contributed by atoms with Crippen LogP contribution in [0.1, 0.15) is 13.3 Å². The van der Waals surface area contributed by atoms with E-state index >= 15 is 0 Å². The Kier molecular flexibility index (Phi) is 4.37. The Morgan fingerprint density at radius 1 is 1.32 bits per heavy atom. The molecule has 1 atom stereocenters. The first-order valence-electron chi connectivity index (χ1n) is 6.67. The maximum atomic E-state index is 13.7. The minimum absolute atomic E-state index is 0.00400. The molecular weight excluding hydrogens is 245 g/mol. The van der Waals surface area contributed by atoms with Crippen LogP contribution in [-0.4, -0.2) is 43.0 Å². The standard InChI is InChI=1S/C14H20FN3O/c1-2-12(16)14(19)18-9-7-17(8-10-18)13-6-4-3-5-11(13)15/h3-6,12H,2,7-10,16H2,1H3/t12-/m1/s1. The van der Waals surface area contributed by atoms with Gasteiger partial charge in [-0.2, -0.15) is 0 Å². The molecule has 2 rings (SSSR count). The van der Waals surface area contributed by atoms with Gasteiger partial charge in [0.15, 0.2) is 0 Å². The van der Waals surface area contributed by atoms with Gasteiger partial charge in [-0.3, -0.25) is 4.79 Å². The number of piperazine rings is 1. The molecule has 1 heterocycles. The topological polar surface area (TPSA) is 49.6 Å².